The SMILES string of the molecule is CN1CCCC1CNCC(C#N)C(F)(F)F. The van der Waals surface area contributed by atoms with Gasteiger partial charge in [0.25, 0.3) is 0 Å². The molecule has 0 aromatic rings. The van der Waals surface area contributed by atoms with Crippen molar-refractivity contribution in [3.05, 3.63) is 0 Å². The Morgan fingerprint density at radius 1 is 1.56 bits per heavy atom. The van der Waals surface area contributed by atoms with Crippen LogP contribution < -0.4 is 5.32 Å². The van der Waals surface area contributed by atoms with Crippen LogP contribution >= 0.6 is 0 Å². The average Bonchev–Trinajstić information content (AvgIpc) is 2.57. The number of hydrogen-bond acceptors (Lipinski definition) is 3. The number of likely N-dealkylation sites (tertiary alicyclic amines) is 1. The molecule has 3 nitrogen and oxygen atoms in total. The Hall–Kier alpha value is -0.800. The predicted octanol–water partition coefficient (Wildman–Crippen LogP) is 1.37. The molecule has 2 atom stereocenters. The largest absolute Gasteiger partial charge is 0.405 e. The molecule has 1 aliphatic rings. The van der Waals surface area contributed by atoms with Crippen LogP contribution in [0.3, 0.4) is 0 Å². The van der Waals surface area contributed by atoms with Gasteiger partial charge >= 0.3 is 6.18 Å². The number of nitrogens with one attached hydrogen (secondary N) is 1. The van der Waals surface area contributed by atoms with Crippen molar-refractivity contribution in [1.29, 1.82) is 5.26 Å². The Morgan fingerprint density at radius 2 is 2.25 bits per heavy atom. The smallest absolute Gasteiger partial charge is 0.314 e. The molecule has 92 valence electrons. The van der Waals surface area contributed by atoms with Gasteiger partial charge in [-0.05, 0) is 26.4 Å². The van der Waals surface area contributed by atoms with E-state index in [4.69, 9.17) is 5.26 Å². The molecular weight excluding hydrogens is 219 g/mol. The highest BCUT2D eigenvalue weighted by molar-refractivity contribution is 4.90. The molecule has 2 unspecified atom stereocenters. The second-order valence-corrected chi connectivity index (χ2v) is 4.16. The third kappa shape index (κ3) is 3.65. The summed E-state index contributed by atoms with van der Waals surface area (Å²) < 4.78 is 36.7. The molecule has 0 aliphatic carbocycles. The summed E-state index contributed by atoms with van der Waals surface area (Å²) in [7, 11) is 1.96. The van der Waals surface area contributed by atoms with Crippen LogP contribution in [0.2, 0.25) is 0 Å². The minimum atomic E-state index is -4.43. The minimum absolute atomic E-state index is 0.299. The molecule has 6 heteroatoms. The van der Waals surface area contributed by atoms with Crippen molar-refractivity contribution in [2.75, 3.05) is 26.7 Å². The summed E-state index contributed by atoms with van der Waals surface area (Å²) in [4.78, 5) is 2.13. The van der Waals surface area contributed by atoms with Gasteiger partial charge in [-0.25, -0.2) is 0 Å². The Kier molecular flexibility index (Phi) is 4.56. The van der Waals surface area contributed by atoms with Crippen LogP contribution in [0.5, 0.6) is 0 Å². The Bertz CT molecular complexity index is 259. The maximum absolute atomic E-state index is 12.2. The van der Waals surface area contributed by atoms with Crippen molar-refractivity contribution in [3.8, 4) is 6.07 Å². The van der Waals surface area contributed by atoms with Crippen LogP contribution in [0.4, 0.5) is 13.2 Å². The normalized spacial score (nSPS) is 24.3. The van der Waals surface area contributed by atoms with E-state index >= 15 is 0 Å². The van der Waals surface area contributed by atoms with Crippen LogP contribution in [-0.4, -0.2) is 43.8 Å². The zero-order valence-electron chi connectivity index (χ0n) is 9.22. The van der Waals surface area contributed by atoms with Gasteiger partial charge in [-0.1, -0.05) is 0 Å². The van der Waals surface area contributed by atoms with E-state index in [-0.39, 0.29) is 6.54 Å². The van der Waals surface area contributed by atoms with E-state index in [9.17, 15) is 13.2 Å². The Balaban J connectivity index is 2.27. The lowest BCUT2D eigenvalue weighted by molar-refractivity contribution is -0.157. The van der Waals surface area contributed by atoms with Gasteiger partial charge in [-0.15, -0.1) is 0 Å². The van der Waals surface area contributed by atoms with E-state index in [1.807, 2.05) is 7.05 Å². The number of nitriles is 1. The maximum atomic E-state index is 12.2. The van der Waals surface area contributed by atoms with Gasteiger partial charge in [0.1, 0.15) is 0 Å². The van der Waals surface area contributed by atoms with Crippen LogP contribution in [-0.2, 0) is 0 Å². The molecule has 1 saturated heterocycles. The Morgan fingerprint density at radius 3 is 2.69 bits per heavy atom. The van der Waals surface area contributed by atoms with Gasteiger partial charge in [0.2, 0.25) is 0 Å². The number of likely N-dealkylation sites (N-methyl/N-ethyl adjacent to an activating group) is 1. The zero-order valence-corrected chi connectivity index (χ0v) is 9.22. The standard InChI is InChI=1S/C10H16F3N3/c1-16-4-2-3-9(16)7-15-6-8(5-14)10(11,12)13/h8-9,15H,2-4,6-7H2,1H3. The lowest BCUT2D eigenvalue weighted by Gasteiger charge is -2.21. The molecule has 16 heavy (non-hydrogen) atoms. The van der Waals surface area contributed by atoms with E-state index in [0.717, 1.165) is 19.4 Å². The molecule has 0 aromatic heterocycles. The topological polar surface area (TPSA) is 39.1 Å². The zero-order chi connectivity index (χ0) is 12.2. The maximum Gasteiger partial charge on any atom is 0.405 e. The van der Waals surface area contributed by atoms with Crippen LogP contribution in [0.25, 0.3) is 0 Å². The summed E-state index contributed by atoms with van der Waals surface area (Å²) in [6, 6.07) is 1.58. The molecule has 1 rings (SSSR count). The number of hydrogen-bond donors (Lipinski definition) is 1. The molecule has 1 N–H and O–H groups in total. The fourth-order valence-electron chi connectivity index (χ4n) is 1.87. The van der Waals surface area contributed by atoms with Gasteiger partial charge in [0.05, 0.1) is 6.07 Å². The second-order valence-electron chi connectivity index (χ2n) is 4.16. The van der Waals surface area contributed by atoms with E-state index in [0.29, 0.717) is 12.6 Å². The predicted molar refractivity (Wildman–Crippen MR) is 53.7 cm³/mol. The van der Waals surface area contributed by atoms with Crippen molar-refractivity contribution in [2.24, 2.45) is 5.92 Å². The van der Waals surface area contributed by atoms with Crippen molar-refractivity contribution in [1.82, 2.24) is 10.2 Å². The third-order valence-corrected chi connectivity index (χ3v) is 2.95. The molecule has 0 spiro atoms. The van der Waals surface area contributed by atoms with Crippen molar-refractivity contribution in [3.63, 3.8) is 0 Å². The summed E-state index contributed by atoms with van der Waals surface area (Å²) in [6.07, 6.45) is -2.33. The summed E-state index contributed by atoms with van der Waals surface area (Å²) in [5, 5.41) is 11.1. The first kappa shape index (κ1) is 13.3. The first-order chi connectivity index (χ1) is 7.45. The number of nitrogens with zero attached hydrogens (tertiary/aromatic N) is 2. The molecule has 0 bridgehead atoms. The van der Waals surface area contributed by atoms with Gasteiger partial charge in [0.15, 0.2) is 5.92 Å². The first-order valence-corrected chi connectivity index (χ1v) is 5.32. The minimum Gasteiger partial charge on any atom is -0.314 e. The molecule has 1 aliphatic heterocycles. The van der Waals surface area contributed by atoms with E-state index in [1.165, 1.54) is 6.07 Å². The molecule has 0 radical (unpaired) electrons. The highest BCUT2D eigenvalue weighted by Gasteiger charge is 2.39. The lowest BCUT2D eigenvalue weighted by Crippen LogP contribution is -2.39. The van der Waals surface area contributed by atoms with Gasteiger partial charge in [-0.3, -0.25) is 0 Å². The summed E-state index contributed by atoms with van der Waals surface area (Å²) in [5.74, 6) is -1.90. The Labute approximate surface area is 93.2 Å². The fraction of sp³-hybridized carbons (Fsp3) is 0.900. The van der Waals surface area contributed by atoms with E-state index in [2.05, 4.69) is 10.2 Å². The van der Waals surface area contributed by atoms with Gasteiger partial charge < -0.3 is 10.2 Å². The average molecular weight is 235 g/mol. The van der Waals surface area contributed by atoms with E-state index < -0.39 is 12.1 Å². The van der Waals surface area contributed by atoms with Gasteiger partial charge in [0, 0.05) is 19.1 Å². The van der Waals surface area contributed by atoms with Crippen molar-refractivity contribution >= 4 is 0 Å². The summed E-state index contributed by atoms with van der Waals surface area (Å²) >= 11 is 0. The van der Waals surface area contributed by atoms with Crippen LogP contribution in [0, 0.1) is 17.2 Å². The number of rotatable bonds is 4. The van der Waals surface area contributed by atoms with E-state index in [1.54, 1.807) is 0 Å². The second kappa shape index (κ2) is 5.51. The summed E-state index contributed by atoms with van der Waals surface area (Å²) in [5.41, 5.74) is 0. The molecular formula is C10H16F3N3. The number of alkyl halides is 3. The molecule has 0 saturated carbocycles. The monoisotopic (exact) mass is 235 g/mol. The highest BCUT2D eigenvalue weighted by atomic mass is 19.4. The lowest BCUT2D eigenvalue weighted by atomic mass is 10.1. The summed E-state index contributed by atoms with van der Waals surface area (Å²) in [6.45, 7) is 1.20. The van der Waals surface area contributed by atoms with Gasteiger partial charge in [-0.2, -0.15) is 18.4 Å². The molecule has 1 fully saturated rings. The fourth-order valence-corrected chi connectivity index (χ4v) is 1.87. The van der Waals surface area contributed by atoms with Crippen LogP contribution in [0.15, 0.2) is 0 Å². The van der Waals surface area contributed by atoms with Crippen molar-refractivity contribution < 1.29 is 13.2 Å². The first-order valence-electron chi connectivity index (χ1n) is 5.32. The molecule has 0 aromatic carbocycles. The molecule has 0 amide bonds. The van der Waals surface area contributed by atoms with Crippen LogP contribution in [0.1, 0.15) is 12.8 Å². The highest BCUT2D eigenvalue weighted by Crippen LogP contribution is 2.25. The number of halogens is 3. The quantitative estimate of drug-likeness (QED) is 0.800. The third-order valence-electron chi connectivity index (χ3n) is 2.95. The van der Waals surface area contributed by atoms with Crippen molar-refractivity contribution in [2.45, 2.75) is 25.1 Å². The molecule has 1 heterocycles.